The second kappa shape index (κ2) is 7.94. The first-order valence-corrected chi connectivity index (χ1v) is 8.14. The molecule has 130 valence electrons. The van der Waals surface area contributed by atoms with Gasteiger partial charge < -0.3 is 15.4 Å². The molecule has 0 amide bonds. The molecule has 26 heavy (non-hydrogen) atoms. The van der Waals surface area contributed by atoms with Crippen molar-refractivity contribution in [2.24, 2.45) is 0 Å². The maximum absolute atomic E-state index is 9.18. The molecule has 0 spiro atoms. The van der Waals surface area contributed by atoms with E-state index in [4.69, 9.17) is 4.74 Å². The van der Waals surface area contributed by atoms with Crippen LogP contribution in [-0.4, -0.2) is 21.3 Å². The highest BCUT2D eigenvalue weighted by molar-refractivity contribution is 5.66. The van der Waals surface area contributed by atoms with Gasteiger partial charge >= 0.3 is 0 Å². The van der Waals surface area contributed by atoms with Gasteiger partial charge in [-0.3, -0.25) is 0 Å². The number of nitriles is 1. The average Bonchev–Trinajstić information content (AvgIpc) is 2.64. The first-order valence-electron chi connectivity index (χ1n) is 8.14. The number of nitrogens with zero attached hydrogens (tertiary/aromatic N) is 4. The summed E-state index contributed by atoms with van der Waals surface area (Å²) >= 11 is 0. The Kier molecular flexibility index (Phi) is 5.25. The minimum atomic E-state index is 0.0567. The predicted octanol–water partition coefficient (Wildman–Crippen LogP) is 4.02. The van der Waals surface area contributed by atoms with Crippen molar-refractivity contribution in [1.82, 2.24) is 15.2 Å². The Morgan fingerprint density at radius 3 is 2.50 bits per heavy atom. The van der Waals surface area contributed by atoms with Crippen molar-refractivity contribution < 1.29 is 4.74 Å². The van der Waals surface area contributed by atoms with Crippen LogP contribution in [-0.2, 0) is 0 Å². The molecule has 3 rings (SSSR count). The monoisotopic (exact) mass is 346 g/mol. The van der Waals surface area contributed by atoms with Crippen molar-refractivity contribution in [1.29, 1.82) is 5.26 Å². The maximum atomic E-state index is 9.18. The molecule has 0 fully saturated rings. The van der Waals surface area contributed by atoms with Gasteiger partial charge in [-0.25, -0.2) is 0 Å². The zero-order chi connectivity index (χ0) is 18.4. The lowest BCUT2D eigenvalue weighted by atomic mass is 10.2. The third-order valence-electron chi connectivity index (χ3n) is 3.37. The number of aromatic nitrogens is 3. The smallest absolute Gasteiger partial charge is 0.249 e. The van der Waals surface area contributed by atoms with Crippen LogP contribution in [0.25, 0.3) is 0 Å². The summed E-state index contributed by atoms with van der Waals surface area (Å²) in [6, 6.07) is 16.9. The van der Waals surface area contributed by atoms with Gasteiger partial charge in [0.05, 0.1) is 29.2 Å². The molecule has 1 heterocycles. The largest absolute Gasteiger partial charge is 0.489 e. The van der Waals surface area contributed by atoms with E-state index in [1.165, 1.54) is 6.20 Å². The van der Waals surface area contributed by atoms with Gasteiger partial charge in [0.1, 0.15) is 11.8 Å². The summed E-state index contributed by atoms with van der Waals surface area (Å²) in [5, 5.41) is 23.3. The van der Waals surface area contributed by atoms with E-state index in [-0.39, 0.29) is 6.10 Å². The summed E-state index contributed by atoms with van der Waals surface area (Å²) in [7, 11) is 0. The van der Waals surface area contributed by atoms with Gasteiger partial charge in [0.2, 0.25) is 5.95 Å². The fourth-order valence-electron chi connectivity index (χ4n) is 2.29. The summed E-state index contributed by atoms with van der Waals surface area (Å²) in [6.07, 6.45) is 1.58. The molecule has 2 N–H and O–H groups in total. The summed E-state index contributed by atoms with van der Waals surface area (Å²) in [5.74, 6) is 1.53. The molecule has 0 atom stereocenters. The van der Waals surface area contributed by atoms with Gasteiger partial charge in [-0.15, -0.1) is 5.10 Å². The number of hydrogen-bond acceptors (Lipinski definition) is 7. The Hall–Kier alpha value is -3.66. The highest BCUT2D eigenvalue weighted by Gasteiger charge is 2.08. The number of nitrogens with one attached hydrogen (secondary N) is 2. The van der Waals surface area contributed by atoms with E-state index in [0.29, 0.717) is 23.0 Å². The lowest BCUT2D eigenvalue weighted by Gasteiger charge is -2.15. The van der Waals surface area contributed by atoms with Crippen LogP contribution in [0.4, 0.5) is 23.1 Å². The zero-order valence-electron chi connectivity index (χ0n) is 14.5. The standard InChI is InChI=1S/C19H18N6O/c1-13(2)26-17-10-6-5-9-16(17)22-18-12-21-25-19(24-18)23-15-8-4-3-7-14(15)11-20/h3-10,12-13H,1-2H3,(H2,22,23,24,25). The van der Waals surface area contributed by atoms with E-state index in [9.17, 15) is 5.26 Å². The second-order valence-electron chi connectivity index (χ2n) is 5.74. The van der Waals surface area contributed by atoms with Crippen molar-refractivity contribution >= 4 is 23.1 Å². The predicted molar refractivity (Wildman–Crippen MR) is 99.8 cm³/mol. The number of rotatable bonds is 6. The maximum Gasteiger partial charge on any atom is 0.249 e. The molecule has 0 aliphatic heterocycles. The number of ether oxygens (including phenoxy) is 1. The van der Waals surface area contributed by atoms with Crippen LogP contribution in [0, 0.1) is 11.3 Å². The van der Waals surface area contributed by atoms with Gasteiger partial charge in [-0.1, -0.05) is 24.3 Å². The normalized spacial score (nSPS) is 10.2. The molecule has 1 aromatic heterocycles. The third-order valence-corrected chi connectivity index (χ3v) is 3.37. The van der Waals surface area contributed by atoms with Gasteiger partial charge in [-0.05, 0) is 38.1 Å². The summed E-state index contributed by atoms with van der Waals surface area (Å²) in [6.45, 7) is 3.94. The number of anilines is 4. The molecule has 3 aromatic rings. The highest BCUT2D eigenvalue weighted by atomic mass is 16.5. The summed E-state index contributed by atoms with van der Waals surface area (Å²) in [5.41, 5.74) is 1.91. The van der Waals surface area contributed by atoms with Crippen molar-refractivity contribution in [3.05, 3.63) is 60.3 Å². The summed E-state index contributed by atoms with van der Waals surface area (Å²) in [4.78, 5) is 4.40. The van der Waals surface area contributed by atoms with Crippen molar-refractivity contribution in [2.75, 3.05) is 10.6 Å². The topological polar surface area (TPSA) is 95.8 Å². The Bertz CT molecular complexity index is 935. The van der Waals surface area contributed by atoms with Gasteiger partial charge in [-0.2, -0.15) is 15.3 Å². The highest BCUT2D eigenvalue weighted by Crippen LogP contribution is 2.27. The second-order valence-corrected chi connectivity index (χ2v) is 5.74. The van der Waals surface area contributed by atoms with Crippen LogP contribution in [0.15, 0.2) is 54.7 Å². The van der Waals surface area contributed by atoms with E-state index in [1.54, 1.807) is 18.2 Å². The Labute approximate surface area is 151 Å². The summed E-state index contributed by atoms with van der Waals surface area (Å²) < 4.78 is 5.80. The lowest BCUT2D eigenvalue weighted by Crippen LogP contribution is -2.08. The van der Waals surface area contributed by atoms with Crippen LogP contribution >= 0.6 is 0 Å². The molecule has 0 aliphatic carbocycles. The van der Waals surface area contributed by atoms with E-state index in [1.807, 2.05) is 44.2 Å². The Morgan fingerprint density at radius 2 is 1.73 bits per heavy atom. The SMILES string of the molecule is CC(C)Oc1ccccc1Nc1cnnc(Nc2ccccc2C#N)n1. The van der Waals surface area contributed by atoms with E-state index >= 15 is 0 Å². The van der Waals surface area contributed by atoms with Crippen molar-refractivity contribution in [3.8, 4) is 11.8 Å². The number of para-hydroxylation sites is 3. The van der Waals surface area contributed by atoms with E-state index < -0.39 is 0 Å². The van der Waals surface area contributed by atoms with Crippen LogP contribution in [0.2, 0.25) is 0 Å². The van der Waals surface area contributed by atoms with Gasteiger partial charge in [0.25, 0.3) is 0 Å². The molecule has 0 saturated carbocycles. The molecule has 7 heteroatoms. The fraction of sp³-hybridized carbons (Fsp3) is 0.158. The molecular weight excluding hydrogens is 328 g/mol. The average molecular weight is 346 g/mol. The quantitative estimate of drug-likeness (QED) is 0.696. The minimum Gasteiger partial charge on any atom is -0.489 e. The molecule has 7 nitrogen and oxygen atoms in total. The molecule has 0 bridgehead atoms. The first kappa shape index (κ1) is 17.2. The Balaban J connectivity index is 1.82. The van der Waals surface area contributed by atoms with Crippen LogP contribution < -0.4 is 15.4 Å². The molecule has 2 aromatic carbocycles. The molecule has 0 aliphatic rings. The van der Waals surface area contributed by atoms with E-state index in [0.717, 1.165) is 11.4 Å². The number of hydrogen-bond donors (Lipinski definition) is 2. The van der Waals surface area contributed by atoms with Crippen molar-refractivity contribution in [2.45, 2.75) is 20.0 Å². The van der Waals surface area contributed by atoms with Crippen LogP contribution in [0.3, 0.4) is 0 Å². The third kappa shape index (κ3) is 4.24. The number of benzene rings is 2. The van der Waals surface area contributed by atoms with Crippen LogP contribution in [0.1, 0.15) is 19.4 Å². The molecule has 0 radical (unpaired) electrons. The molecular formula is C19H18N6O. The fourth-order valence-corrected chi connectivity index (χ4v) is 2.29. The van der Waals surface area contributed by atoms with Crippen molar-refractivity contribution in [3.63, 3.8) is 0 Å². The zero-order valence-corrected chi connectivity index (χ0v) is 14.5. The van der Waals surface area contributed by atoms with Gasteiger partial charge in [0, 0.05) is 0 Å². The first-order chi connectivity index (χ1) is 12.7. The molecule has 0 unspecified atom stereocenters. The van der Waals surface area contributed by atoms with E-state index in [2.05, 4.69) is 31.9 Å². The van der Waals surface area contributed by atoms with Crippen LogP contribution in [0.5, 0.6) is 5.75 Å². The Morgan fingerprint density at radius 1 is 1.00 bits per heavy atom. The lowest BCUT2D eigenvalue weighted by molar-refractivity contribution is 0.244. The van der Waals surface area contributed by atoms with Gasteiger partial charge in [0.15, 0.2) is 5.82 Å². The molecule has 0 saturated heterocycles. The minimum absolute atomic E-state index is 0.0567.